The summed E-state index contributed by atoms with van der Waals surface area (Å²) in [5.74, 6) is -1.65. The van der Waals surface area contributed by atoms with Crippen LogP contribution in [0.5, 0.6) is 0 Å². The van der Waals surface area contributed by atoms with E-state index in [1.807, 2.05) is 0 Å². The van der Waals surface area contributed by atoms with E-state index in [0.29, 0.717) is 12.8 Å². The predicted molar refractivity (Wildman–Crippen MR) is 59.9 cm³/mol. The summed E-state index contributed by atoms with van der Waals surface area (Å²) < 4.78 is 5.24. The van der Waals surface area contributed by atoms with Crippen LogP contribution in [0.3, 0.4) is 0 Å². The molecule has 2 N–H and O–H groups in total. The van der Waals surface area contributed by atoms with Crippen molar-refractivity contribution in [3.63, 3.8) is 0 Å². The van der Waals surface area contributed by atoms with Gasteiger partial charge in [0.15, 0.2) is 0 Å². The molecule has 0 aromatic carbocycles. The third-order valence-electron chi connectivity index (χ3n) is 3.58. The van der Waals surface area contributed by atoms with E-state index < -0.39 is 30.0 Å². The average molecular weight is 256 g/mol. The quantitative estimate of drug-likeness (QED) is 0.690. The Kier molecular flexibility index (Phi) is 3.25. The third-order valence-corrected chi connectivity index (χ3v) is 3.58. The van der Waals surface area contributed by atoms with Crippen molar-refractivity contribution in [1.82, 2.24) is 10.2 Å². The molecule has 2 rings (SSSR count). The number of urea groups is 1. The fraction of sp³-hybridized carbons (Fsp3) is 0.727. The number of ether oxygens (including phenoxy) is 1. The minimum atomic E-state index is -1.20. The first-order valence-electron chi connectivity index (χ1n) is 5.87. The minimum Gasteiger partial charge on any atom is -0.480 e. The second kappa shape index (κ2) is 4.56. The molecule has 2 atom stereocenters. The number of imide groups is 1. The van der Waals surface area contributed by atoms with Crippen molar-refractivity contribution in [2.24, 2.45) is 0 Å². The molecule has 2 aliphatic rings. The summed E-state index contributed by atoms with van der Waals surface area (Å²) in [4.78, 5) is 35.3. The molecular weight excluding hydrogens is 240 g/mol. The molecule has 1 aliphatic carbocycles. The Hall–Kier alpha value is -1.63. The summed E-state index contributed by atoms with van der Waals surface area (Å²) in [6.07, 6.45) is 2.48. The molecule has 1 heterocycles. The molecule has 7 nitrogen and oxygen atoms in total. The predicted octanol–water partition coefficient (Wildman–Crippen LogP) is -0.0494. The van der Waals surface area contributed by atoms with Crippen molar-refractivity contribution >= 4 is 17.9 Å². The van der Waals surface area contributed by atoms with Crippen molar-refractivity contribution in [3.8, 4) is 0 Å². The molecule has 2 unspecified atom stereocenters. The Balaban J connectivity index is 2.17. The number of nitrogens with zero attached hydrogens (tertiary/aromatic N) is 1. The molecule has 0 aromatic heterocycles. The zero-order valence-electron chi connectivity index (χ0n) is 10.1. The highest BCUT2D eigenvalue weighted by Gasteiger charge is 2.53. The first-order chi connectivity index (χ1) is 8.48. The van der Waals surface area contributed by atoms with Crippen molar-refractivity contribution in [2.45, 2.75) is 37.3 Å². The Morgan fingerprint density at radius 1 is 1.61 bits per heavy atom. The van der Waals surface area contributed by atoms with Crippen LogP contribution in [0.2, 0.25) is 0 Å². The fourth-order valence-electron chi connectivity index (χ4n) is 2.69. The second-order valence-electron chi connectivity index (χ2n) is 4.75. The summed E-state index contributed by atoms with van der Waals surface area (Å²) in [5, 5.41) is 11.3. The van der Waals surface area contributed by atoms with Crippen LogP contribution in [0.15, 0.2) is 0 Å². The Bertz CT molecular complexity index is 397. The number of amides is 3. The zero-order chi connectivity index (χ0) is 13.3. The van der Waals surface area contributed by atoms with Gasteiger partial charge in [0.05, 0.1) is 6.10 Å². The van der Waals surface area contributed by atoms with Gasteiger partial charge in [-0.3, -0.25) is 14.5 Å². The number of carbonyl (C=O) groups excluding carboxylic acids is 2. The Labute approximate surface area is 104 Å². The summed E-state index contributed by atoms with van der Waals surface area (Å²) in [6.45, 7) is -0.593. The van der Waals surface area contributed by atoms with Gasteiger partial charge in [-0.25, -0.2) is 4.79 Å². The lowest BCUT2D eigenvalue weighted by atomic mass is 9.80. The van der Waals surface area contributed by atoms with Crippen LogP contribution in [-0.2, 0) is 14.3 Å². The van der Waals surface area contributed by atoms with Gasteiger partial charge in [-0.2, -0.15) is 0 Å². The van der Waals surface area contributed by atoms with E-state index >= 15 is 0 Å². The normalized spacial score (nSPS) is 31.8. The maximum atomic E-state index is 12.2. The highest BCUT2D eigenvalue weighted by Crippen LogP contribution is 2.34. The number of aliphatic carboxylic acids is 1. The number of nitrogens with one attached hydrogen (secondary N) is 1. The molecule has 1 aliphatic heterocycles. The van der Waals surface area contributed by atoms with Gasteiger partial charge in [-0.1, -0.05) is 0 Å². The van der Waals surface area contributed by atoms with E-state index in [1.54, 1.807) is 7.11 Å². The van der Waals surface area contributed by atoms with Gasteiger partial charge < -0.3 is 15.2 Å². The van der Waals surface area contributed by atoms with Crippen LogP contribution >= 0.6 is 0 Å². The molecule has 1 saturated carbocycles. The molecule has 2 fully saturated rings. The largest absolute Gasteiger partial charge is 0.480 e. The summed E-state index contributed by atoms with van der Waals surface area (Å²) >= 11 is 0. The van der Waals surface area contributed by atoms with Crippen LogP contribution < -0.4 is 5.32 Å². The Morgan fingerprint density at radius 2 is 2.33 bits per heavy atom. The van der Waals surface area contributed by atoms with Crippen LogP contribution in [0.25, 0.3) is 0 Å². The van der Waals surface area contributed by atoms with Gasteiger partial charge in [0.1, 0.15) is 12.1 Å². The van der Waals surface area contributed by atoms with Gasteiger partial charge in [0.25, 0.3) is 5.91 Å². The second-order valence-corrected chi connectivity index (χ2v) is 4.75. The molecule has 0 radical (unpaired) electrons. The molecule has 18 heavy (non-hydrogen) atoms. The number of hydrogen-bond acceptors (Lipinski definition) is 4. The fourth-order valence-corrected chi connectivity index (χ4v) is 2.69. The number of rotatable bonds is 3. The minimum absolute atomic E-state index is 0.0761. The lowest BCUT2D eigenvalue weighted by Crippen LogP contribution is -2.52. The Morgan fingerprint density at radius 3 is 2.94 bits per heavy atom. The lowest BCUT2D eigenvalue weighted by Gasteiger charge is -2.34. The average Bonchev–Trinajstić information content (AvgIpc) is 2.54. The topological polar surface area (TPSA) is 95.9 Å². The summed E-state index contributed by atoms with van der Waals surface area (Å²) in [5.41, 5.74) is -0.967. The van der Waals surface area contributed by atoms with Crippen LogP contribution in [-0.4, -0.2) is 53.2 Å². The molecular formula is C11H16N2O5. The van der Waals surface area contributed by atoms with E-state index in [9.17, 15) is 14.4 Å². The maximum absolute atomic E-state index is 12.2. The number of carbonyl (C=O) groups is 3. The third kappa shape index (κ3) is 2.05. The number of hydrogen-bond donors (Lipinski definition) is 2. The first-order valence-corrected chi connectivity index (χ1v) is 5.87. The summed E-state index contributed by atoms with van der Waals surface area (Å²) in [6, 6.07) is -0.626. The van der Waals surface area contributed by atoms with Crippen molar-refractivity contribution in [3.05, 3.63) is 0 Å². The van der Waals surface area contributed by atoms with E-state index in [0.717, 1.165) is 17.7 Å². The highest BCUT2D eigenvalue weighted by molar-refractivity contribution is 6.08. The van der Waals surface area contributed by atoms with Gasteiger partial charge in [0.2, 0.25) is 0 Å². The maximum Gasteiger partial charge on any atom is 0.325 e. The zero-order valence-corrected chi connectivity index (χ0v) is 10.1. The van der Waals surface area contributed by atoms with Crippen molar-refractivity contribution < 1.29 is 24.2 Å². The standard InChI is InChI=1S/C11H16N2O5/c1-18-7-3-2-4-11(5-7)9(16)13(6-8(14)15)10(17)12-11/h7H,2-6H2,1H3,(H,12,17)(H,14,15). The van der Waals surface area contributed by atoms with Crippen molar-refractivity contribution in [1.29, 1.82) is 0 Å². The highest BCUT2D eigenvalue weighted by atomic mass is 16.5. The van der Waals surface area contributed by atoms with Gasteiger partial charge in [-0.05, 0) is 19.3 Å². The summed E-state index contributed by atoms with van der Waals surface area (Å²) in [7, 11) is 1.57. The van der Waals surface area contributed by atoms with Gasteiger partial charge in [0, 0.05) is 13.5 Å². The van der Waals surface area contributed by atoms with Gasteiger partial charge >= 0.3 is 12.0 Å². The molecule has 1 spiro atoms. The van der Waals surface area contributed by atoms with Crippen LogP contribution in [0.1, 0.15) is 25.7 Å². The van der Waals surface area contributed by atoms with Crippen molar-refractivity contribution in [2.75, 3.05) is 13.7 Å². The molecule has 3 amide bonds. The van der Waals surface area contributed by atoms with E-state index in [4.69, 9.17) is 9.84 Å². The van der Waals surface area contributed by atoms with E-state index in [1.165, 1.54) is 0 Å². The van der Waals surface area contributed by atoms with Crippen LogP contribution in [0, 0.1) is 0 Å². The molecule has 0 bridgehead atoms. The molecule has 1 saturated heterocycles. The first kappa shape index (κ1) is 12.8. The van der Waals surface area contributed by atoms with E-state index in [2.05, 4.69) is 5.32 Å². The molecule has 100 valence electrons. The number of carboxylic acids is 1. The monoisotopic (exact) mass is 256 g/mol. The molecule has 7 heteroatoms. The van der Waals surface area contributed by atoms with E-state index in [-0.39, 0.29) is 6.10 Å². The number of methoxy groups -OCH3 is 1. The van der Waals surface area contributed by atoms with Gasteiger partial charge in [-0.15, -0.1) is 0 Å². The lowest BCUT2D eigenvalue weighted by molar-refractivity contribution is -0.143. The molecule has 0 aromatic rings. The number of carboxylic acid groups (broad SMARTS) is 1. The SMILES string of the molecule is COC1CCCC2(C1)NC(=O)N(CC(=O)O)C2=O. The van der Waals surface area contributed by atoms with Crippen LogP contribution in [0.4, 0.5) is 4.79 Å². The smallest absolute Gasteiger partial charge is 0.325 e.